The van der Waals surface area contributed by atoms with Gasteiger partial charge in [0.05, 0.1) is 26.2 Å². The van der Waals surface area contributed by atoms with Gasteiger partial charge in [-0.2, -0.15) is 4.98 Å². The van der Waals surface area contributed by atoms with Crippen LogP contribution in [-0.4, -0.2) is 87.3 Å². The number of aromatic nitrogens is 2. The van der Waals surface area contributed by atoms with Gasteiger partial charge in [-0.05, 0) is 6.07 Å². The van der Waals surface area contributed by atoms with Crippen molar-refractivity contribution in [3.63, 3.8) is 0 Å². The summed E-state index contributed by atoms with van der Waals surface area (Å²) in [7, 11) is 0. The summed E-state index contributed by atoms with van der Waals surface area (Å²) >= 11 is 0. The minimum atomic E-state index is -1.33. The third-order valence-electron chi connectivity index (χ3n) is 4.01. The zero-order valence-electron chi connectivity index (χ0n) is 12.9. The Labute approximate surface area is 137 Å². The number of hydrogen-bond acceptors (Lipinski definition) is 8. The summed E-state index contributed by atoms with van der Waals surface area (Å²) in [5, 5.41) is 28.8. The van der Waals surface area contributed by atoms with Crippen molar-refractivity contribution in [3.8, 4) is 0 Å². The van der Waals surface area contributed by atoms with Crippen LogP contribution >= 0.6 is 0 Å². The largest absolute Gasteiger partial charge is 0.394 e. The van der Waals surface area contributed by atoms with Crippen molar-refractivity contribution in [2.75, 3.05) is 32.9 Å². The summed E-state index contributed by atoms with van der Waals surface area (Å²) in [6, 6.07) is 1.51. The Morgan fingerprint density at radius 2 is 2.08 bits per heavy atom. The molecule has 3 rings (SSSR count). The van der Waals surface area contributed by atoms with Gasteiger partial charge in [0.2, 0.25) is 0 Å². The van der Waals surface area contributed by atoms with E-state index in [4.69, 9.17) is 14.6 Å². The van der Waals surface area contributed by atoms with E-state index in [-0.39, 0.29) is 5.82 Å². The van der Waals surface area contributed by atoms with E-state index in [1.807, 2.05) is 4.90 Å². The maximum absolute atomic E-state index is 12.1. The number of morpholine rings is 1. The zero-order valence-corrected chi connectivity index (χ0v) is 12.9. The topological polar surface area (TPSA) is 130 Å². The Morgan fingerprint density at radius 1 is 1.33 bits per heavy atom. The van der Waals surface area contributed by atoms with Crippen LogP contribution in [0.1, 0.15) is 6.23 Å². The highest BCUT2D eigenvalue weighted by atomic mass is 16.6. The Hall–Kier alpha value is -1.85. The number of nitrogens with zero attached hydrogens (tertiary/aromatic N) is 4. The molecule has 10 heteroatoms. The fraction of sp³-hybridized carbons (Fsp3) is 0.643. The Balaban J connectivity index is 1.73. The number of aliphatic hydroxyl groups is 3. The first kappa shape index (κ1) is 17.0. The van der Waals surface area contributed by atoms with Gasteiger partial charge in [-0.3, -0.25) is 4.57 Å². The first-order valence-electron chi connectivity index (χ1n) is 7.68. The number of aliphatic imine (C=N–C) groups is 1. The van der Waals surface area contributed by atoms with Crippen molar-refractivity contribution in [1.82, 2.24) is 14.5 Å². The second kappa shape index (κ2) is 7.36. The Bertz CT molecular complexity index is 644. The average molecular weight is 340 g/mol. The molecule has 0 radical (unpaired) electrons. The normalized spacial score (nSPS) is 31.0. The van der Waals surface area contributed by atoms with E-state index in [2.05, 4.69) is 9.98 Å². The molecule has 2 unspecified atom stereocenters. The fourth-order valence-electron chi connectivity index (χ4n) is 2.61. The summed E-state index contributed by atoms with van der Waals surface area (Å²) < 4.78 is 11.6. The van der Waals surface area contributed by atoms with Crippen LogP contribution in [-0.2, 0) is 9.47 Å². The van der Waals surface area contributed by atoms with E-state index in [1.165, 1.54) is 12.3 Å². The predicted octanol–water partition coefficient (Wildman–Crippen LogP) is -2.15. The molecule has 132 valence electrons. The molecule has 2 aliphatic rings. The average Bonchev–Trinajstić information content (AvgIpc) is 2.89. The van der Waals surface area contributed by atoms with Gasteiger partial charge in [0.15, 0.2) is 12.0 Å². The molecule has 3 heterocycles. The second-order valence-electron chi connectivity index (χ2n) is 5.60. The highest BCUT2D eigenvalue weighted by Crippen LogP contribution is 2.28. The SMILES string of the molecule is O=c1nc(/N=C/N2CCOCC2)ccn1[C@@H]1O[C@H](CO)C(O)C1O. The minimum Gasteiger partial charge on any atom is -0.394 e. The third kappa shape index (κ3) is 3.47. The lowest BCUT2D eigenvalue weighted by Gasteiger charge is -2.24. The van der Waals surface area contributed by atoms with Gasteiger partial charge in [0.1, 0.15) is 18.3 Å². The number of hydrogen-bond donors (Lipinski definition) is 3. The summed E-state index contributed by atoms with van der Waals surface area (Å²) in [6.07, 6.45) is -1.65. The standard InChI is InChI=1S/C14H20N4O6/c19-7-9-11(20)12(21)13(24-9)18-2-1-10(16-14(18)22)15-8-17-3-5-23-6-4-17/h1-2,8-9,11-13,19-21H,3-7H2/b15-8+/t9-,11?,12?,13-/m1/s1. The predicted molar refractivity (Wildman–Crippen MR) is 82.1 cm³/mol. The number of ether oxygens (including phenoxy) is 2. The van der Waals surface area contributed by atoms with E-state index >= 15 is 0 Å². The van der Waals surface area contributed by atoms with Crippen LogP contribution < -0.4 is 5.69 Å². The molecule has 0 bridgehead atoms. The highest BCUT2D eigenvalue weighted by molar-refractivity contribution is 5.59. The Morgan fingerprint density at radius 3 is 2.71 bits per heavy atom. The lowest BCUT2D eigenvalue weighted by atomic mass is 10.1. The molecule has 0 aliphatic carbocycles. The summed E-state index contributed by atoms with van der Waals surface area (Å²) in [5.74, 6) is 0.231. The lowest BCUT2D eigenvalue weighted by molar-refractivity contribution is -0.0549. The molecule has 2 saturated heterocycles. The summed E-state index contributed by atoms with van der Waals surface area (Å²) in [5.41, 5.74) is -0.665. The van der Waals surface area contributed by atoms with E-state index in [9.17, 15) is 15.0 Å². The van der Waals surface area contributed by atoms with Crippen molar-refractivity contribution in [2.45, 2.75) is 24.5 Å². The quantitative estimate of drug-likeness (QED) is 0.418. The number of aliphatic hydroxyl groups excluding tert-OH is 3. The monoisotopic (exact) mass is 340 g/mol. The van der Waals surface area contributed by atoms with Gasteiger partial charge in [-0.15, -0.1) is 0 Å². The van der Waals surface area contributed by atoms with Crippen LogP contribution in [0.2, 0.25) is 0 Å². The summed E-state index contributed by atoms with van der Waals surface area (Å²) in [4.78, 5) is 22.1. The summed E-state index contributed by atoms with van der Waals surface area (Å²) in [6.45, 7) is 2.25. The molecule has 24 heavy (non-hydrogen) atoms. The molecule has 10 nitrogen and oxygen atoms in total. The molecule has 0 aromatic carbocycles. The van der Waals surface area contributed by atoms with Crippen LogP contribution in [0.25, 0.3) is 0 Å². The molecular weight excluding hydrogens is 320 g/mol. The van der Waals surface area contributed by atoms with Gasteiger partial charge >= 0.3 is 5.69 Å². The van der Waals surface area contributed by atoms with Crippen LogP contribution in [0.4, 0.5) is 5.82 Å². The molecule has 0 amide bonds. The van der Waals surface area contributed by atoms with Gasteiger partial charge < -0.3 is 29.7 Å². The molecule has 0 spiro atoms. The van der Waals surface area contributed by atoms with E-state index < -0.39 is 36.8 Å². The maximum Gasteiger partial charge on any atom is 0.351 e. The first-order chi connectivity index (χ1) is 11.6. The minimum absolute atomic E-state index is 0.231. The van der Waals surface area contributed by atoms with E-state index in [1.54, 1.807) is 6.34 Å². The van der Waals surface area contributed by atoms with Crippen molar-refractivity contribution < 1.29 is 24.8 Å². The van der Waals surface area contributed by atoms with E-state index in [0.717, 1.165) is 17.7 Å². The molecule has 3 N–H and O–H groups in total. The second-order valence-corrected chi connectivity index (χ2v) is 5.60. The molecular formula is C14H20N4O6. The maximum atomic E-state index is 12.1. The third-order valence-corrected chi connectivity index (χ3v) is 4.01. The molecule has 2 aliphatic heterocycles. The van der Waals surface area contributed by atoms with Crippen LogP contribution in [0.15, 0.2) is 22.1 Å². The first-order valence-corrected chi connectivity index (χ1v) is 7.68. The van der Waals surface area contributed by atoms with Crippen molar-refractivity contribution >= 4 is 12.2 Å². The van der Waals surface area contributed by atoms with Crippen LogP contribution in [0.5, 0.6) is 0 Å². The van der Waals surface area contributed by atoms with Crippen molar-refractivity contribution in [1.29, 1.82) is 0 Å². The molecule has 2 fully saturated rings. The van der Waals surface area contributed by atoms with Gasteiger partial charge in [-0.25, -0.2) is 9.79 Å². The number of rotatable bonds is 4. The van der Waals surface area contributed by atoms with E-state index in [0.29, 0.717) is 13.2 Å². The van der Waals surface area contributed by atoms with Crippen LogP contribution in [0, 0.1) is 0 Å². The Kier molecular flexibility index (Phi) is 5.21. The smallest absolute Gasteiger partial charge is 0.351 e. The van der Waals surface area contributed by atoms with Gasteiger partial charge in [-0.1, -0.05) is 0 Å². The van der Waals surface area contributed by atoms with Gasteiger partial charge in [0.25, 0.3) is 0 Å². The van der Waals surface area contributed by atoms with Crippen LogP contribution in [0.3, 0.4) is 0 Å². The molecule has 4 atom stereocenters. The molecule has 1 aromatic rings. The lowest BCUT2D eigenvalue weighted by Crippen LogP contribution is -2.36. The molecule has 0 saturated carbocycles. The van der Waals surface area contributed by atoms with Gasteiger partial charge in [0, 0.05) is 19.3 Å². The molecule has 1 aromatic heterocycles. The van der Waals surface area contributed by atoms with Crippen molar-refractivity contribution in [3.05, 3.63) is 22.7 Å². The zero-order chi connectivity index (χ0) is 17.1. The highest BCUT2D eigenvalue weighted by Gasteiger charge is 2.43. The fourth-order valence-corrected chi connectivity index (χ4v) is 2.61. The van der Waals surface area contributed by atoms with Crippen molar-refractivity contribution in [2.24, 2.45) is 4.99 Å².